The van der Waals surface area contributed by atoms with Crippen LogP contribution in [0.1, 0.15) is 15.9 Å². The van der Waals surface area contributed by atoms with Gasteiger partial charge in [0.05, 0.1) is 27.5 Å². The van der Waals surface area contributed by atoms with Gasteiger partial charge in [0.25, 0.3) is 0 Å². The number of hydrogen-bond donors (Lipinski definition) is 1. The Kier molecular flexibility index (Phi) is 3.31. The van der Waals surface area contributed by atoms with Gasteiger partial charge in [-0.25, -0.2) is 9.78 Å². The van der Waals surface area contributed by atoms with Crippen molar-refractivity contribution in [2.24, 2.45) is 0 Å². The largest absolute Gasteiger partial charge is 0.478 e. The molecule has 4 nitrogen and oxygen atoms in total. The van der Waals surface area contributed by atoms with Crippen LogP contribution in [0, 0.1) is 6.92 Å². The van der Waals surface area contributed by atoms with E-state index in [0.29, 0.717) is 27.3 Å². The van der Waals surface area contributed by atoms with Gasteiger partial charge in [-0.3, -0.25) is 4.98 Å². The molecule has 0 spiro atoms. The molecule has 2 heterocycles. The number of carboxylic acids is 1. The van der Waals surface area contributed by atoms with Crippen molar-refractivity contribution in [3.8, 4) is 11.4 Å². The molecule has 0 aliphatic rings. The van der Waals surface area contributed by atoms with Crippen LogP contribution in [0.25, 0.3) is 22.3 Å². The number of halogens is 1. The number of aromatic carboxylic acids is 1. The van der Waals surface area contributed by atoms with Crippen LogP contribution in [-0.4, -0.2) is 21.0 Å². The van der Waals surface area contributed by atoms with Crippen molar-refractivity contribution in [3.05, 3.63) is 58.7 Å². The lowest BCUT2D eigenvalue weighted by atomic mass is 10.0. The maximum Gasteiger partial charge on any atom is 0.336 e. The van der Waals surface area contributed by atoms with E-state index in [2.05, 4.69) is 9.97 Å². The van der Waals surface area contributed by atoms with Crippen LogP contribution in [0.5, 0.6) is 0 Å². The van der Waals surface area contributed by atoms with E-state index in [0.717, 1.165) is 5.56 Å². The Morgan fingerprint density at radius 1 is 1.19 bits per heavy atom. The minimum Gasteiger partial charge on any atom is -0.478 e. The summed E-state index contributed by atoms with van der Waals surface area (Å²) in [6, 6.07) is 10.4. The van der Waals surface area contributed by atoms with Crippen molar-refractivity contribution < 1.29 is 9.90 Å². The molecule has 0 radical (unpaired) electrons. The van der Waals surface area contributed by atoms with E-state index in [-0.39, 0.29) is 5.56 Å². The number of nitrogens with zero attached hydrogens (tertiary/aromatic N) is 2. The molecule has 0 saturated carbocycles. The van der Waals surface area contributed by atoms with Crippen LogP contribution in [0.3, 0.4) is 0 Å². The Morgan fingerprint density at radius 3 is 2.67 bits per heavy atom. The van der Waals surface area contributed by atoms with E-state index >= 15 is 0 Å². The summed E-state index contributed by atoms with van der Waals surface area (Å²) in [7, 11) is 0. The second kappa shape index (κ2) is 5.14. The number of carbonyl (C=O) groups is 1. The van der Waals surface area contributed by atoms with Crippen molar-refractivity contribution in [1.29, 1.82) is 0 Å². The fraction of sp³-hybridized carbons (Fsp3) is 0.0625. The monoisotopic (exact) mass is 298 g/mol. The molecule has 0 saturated heterocycles. The fourth-order valence-electron chi connectivity index (χ4n) is 2.25. The normalized spacial score (nSPS) is 10.8. The van der Waals surface area contributed by atoms with Crippen molar-refractivity contribution in [3.63, 3.8) is 0 Å². The first kappa shape index (κ1) is 13.5. The Bertz CT molecular complexity index is 848. The average molecular weight is 299 g/mol. The molecular formula is C16H11ClN2O2. The van der Waals surface area contributed by atoms with Gasteiger partial charge in [0.1, 0.15) is 0 Å². The Hall–Kier alpha value is -2.46. The fourth-order valence-corrected chi connectivity index (χ4v) is 2.50. The Labute approximate surface area is 126 Å². The molecule has 0 fully saturated rings. The van der Waals surface area contributed by atoms with Crippen LogP contribution in [0.4, 0.5) is 0 Å². The smallest absolute Gasteiger partial charge is 0.336 e. The van der Waals surface area contributed by atoms with Crippen molar-refractivity contribution >= 4 is 28.5 Å². The van der Waals surface area contributed by atoms with Crippen LogP contribution in [0.2, 0.25) is 5.02 Å². The molecule has 0 amide bonds. The summed E-state index contributed by atoms with van der Waals surface area (Å²) in [6.45, 7) is 1.87. The van der Waals surface area contributed by atoms with Crippen LogP contribution in [-0.2, 0) is 0 Å². The second-order valence-electron chi connectivity index (χ2n) is 4.66. The predicted molar refractivity (Wildman–Crippen MR) is 81.7 cm³/mol. The summed E-state index contributed by atoms with van der Waals surface area (Å²) < 4.78 is 0. The Balaban J connectivity index is 2.41. The van der Waals surface area contributed by atoms with Crippen molar-refractivity contribution in [2.75, 3.05) is 0 Å². The number of aryl methyl sites for hydroxylation is 1. The quantitative estimate of drug-likeness (QED) is 0.778. The summed E-state index contributed by atoms with van der Waals surface area (Å²) >= 11 is 6.16. The van der Waals surface area contributed by atoms with Gasteiger partial charge < -0.3 is 5.11 Å². The average Bonchev–Trinajstić information content (AvgIpc) is 2.51. The topological polar surface area (TPSA) is 63.1 Å². The summed E-state index contributed by atoms with van der Waals surface area (Å²) in [5.41, 5.74) is 2.74. The number of benzene rings is 1. The lowest BCUT2D eigenvalue weighted by Crippen LogP contribution is -2.02. The van der Waals surface area contributed by atoms with Gasteiger partial charge in [0, 0.05) is 11.6 Å². The van der Waals surface area contributed by atoms with E-state index < -0.39 is 5.97 Å². The molecule has 3 rings (SSSR count). The number of pyridine rings is 2. The van der Waals surface area contributed by atoms with E-state index in [4.69, 9.17) is 11.6 Å². The minimum absolute atomic E-state index is 0.134. The molecule has 21 heavy (non-hydrogen) atoms. The van der Waals surface area contributed by atoms with Crippen LogP contribution < -0.4 is 0 Å². The van der Waals surface area contributed by atoms with Gasteiger partial charge >= 0.3 is 5.97 Å². The van der Waals surface area contributed by atoms with Gasteiger partial charge in [-0.05, 0) is 36.8 Å². The van der Waals surface area contributed by atoms with Gasteiger partial charge in [0.2, 0.25) is 0 Å². The first-order valence-corrected chi connectivity index (χ1v) is 6.70. The second-order valence-corrected chi connectivity index (χ2v) is 5.07. The lowest BCUT2D eigenvalue weighted by Gasteiger charge is -2.10. The highest BCUT2D eigenvalue weighted by Gasteiger charge is 2.17. The number of hydrogen-bond acceptors (Lipinski definition) is 3. The van der Waals surface area contributed by atoms with Gasteiger partial charge in [-0.15, -0.1) is 0 Å². The van der Waals surface area contributed by atoms with Gasteiger partial charge in [-0.1, -0.05) is 23.7 Å². The summed E-state index contributed by atoms with van der Waals surface area (Å²) in [5, 5.41) is 10.3. The van der Waals surface area contributed by atoms with Crippen molar-refractivity contribution in [2.45, 2.75) is 6.92 Å². The van der Waals surface area contributed by atoms with E-state index in [1.54, 1.807) is 24.4 Å². The molecule has 104 valence electrons. The minimum atomic E-state index is -1.04. The SMILES string of the molecule is Cc1ccc(Cl)c2c(C(=O)O)cc(-c3ccccn3)nc12. The maximum absolute atomic E-state index is 11.6. The van der Waals surface area contributed by atoms with Gasteiger partial charge in [0.15, 0.2) is 0 Å². The Morgan fingerprint density at radius 2 is 2.00 bits per heavy atom. The summed E-state index contributed by atoms with van der Waals surface area (Å²) in [4.78, 5) is 20.3. The third-order valence-electron chi connectivity index (χ3n) is 3.27. The standard InChI is InChI=1S/C16H11ClN2O2/c1-9-5-6-11(17)14-10(16(20)21)8-13(19-15(9)14)12-4-2-3-7-18-12/h2-8H,1H3,(H,20,21). The molecule has 5 heteroatoms. The molecule has 3 aromatic rings. The number of rotatable bonds is 2. The molecule has 2 aromatic heterocycles. The molecule has 1 aromatic carbocycles. The zero-order chi connectivity index (χ0) is 15.0. The predicted octanol–water partition coefficient (Wildman–Crippen LogP) is 3.96. The summed E-state index contributed by atoms with van der Waals surface area (Å²) in [6.07, 6.45) is 1.65. The number of aromatic nitrogens is 2. The molecular weight excluding hydrogens is 288 g/mol. The third-order valence-corrected chi connectivity index (χ3v) is 3.58. The maximum atomic E-state index is 11.6. The molecule has 0 aliphatic carbocycles. The first-order chi connectivity index (χ1) is 10.1. The highest BCUT2D eigenvalue weighted by molar-refractivity contribution is 6.36. The molecule has 1 N–H and O–H groups in total. The molecule has 0 atom stereocenters. The molecule has 0 unspecified atom stereocenters. The van der Waals surface area contributed by atoms with Crippen LogP contribution >= 0.6 is 11.6 Å². The molecule has 0 aliphatic heterocycles. The van der Waals surface area contributed by atoms with Crippen LogP contribution in [0.15, 0.2) is 42.6 Å². The van der Waals surface area contributed by atoms with E-state index in [9.17, 15) is 9.90 Å². The molecule has 0 bridgehead atoms. The zero-order valence-corrected chi connectivity index (χ0v) is 11.9. The third kappa shape index (κ3) is 2.34. The highest BCUT2D eigenvalue weighted by atomic mass is 35.5. The number of carboxylic acid groups (broad SMARTS) is 1. The lowest BCUT2D eigenvalue weighted by molar-refractivity contribution is 0.0699. The van der Waals surface area contributed by atoms with Gasteiger partial charge in [-0.2, -0.15) is 0 Å². The van der Waals surface area contributed by atoms with E-state index in [1.807, 2.05) is 19.1 Å². The highest BCUT2D eigenvalue weighted by Crippen LogP contribution is 2.31. The zero-order valence-electron chi connectivity index (χ0n) is 11.2. The van der Waals surface area contributed by atoms with E-state index in [1.165, 1.54) is 6.07 Å². The number of fused-ring (bicyclic) bond motifs is 1. The van der Waals surface area contributed by atoms with Crippen molar-refractivity contribution in [1.82, 2.24) is 9.97 Å². The summed E-state index contributed by atoms with van der Waals surface area (Å²) in [5.74, 6) is -1.04. The first-order valence-electron chi connectivity index (χ1n) is 6.32.